The monoisotopic (exact) mass is 400 g/mol. The Hall–Kier alpha value is -3.16. The molecular weight excluding hydrogens is 388 g/mol. The van der Waals surface area contributed by atoms with Crippen molar-refractivity contribution in [2.24, 2.45) is 0 Å². The van der Waals surface area contributed by atoms with E-state index < -0.39 is 0 Å². The van der Waals surface area contributed by atoms with Crippen LogP contribution in [-0.4, -0.2) is 4.98 Å². The summed E-state index contributed by atoms with van der Waals surface area (Å²) in [6.07, 6.45) is 0. The molecule has 0 aliphatic carbocycles. The molecule has 0 amide bonds. The summed E-state index contributed by atoms with van der Waals surface area (Å²) in [7, 11) is 0. The summed E-state index contributed by atoms with van der Waals surface area (Å²) in [6, 6.07) is 25.5. The average molecular weight is 401 g/mol. The van der Waals surface area contributed by atoms with Crippen LogP contribution in [0, 0.1) is 11.3 Å². The maximum atomic E-state index is 12.6. The molecule has 26 heavy (non-hydrogen) atoms. The van der Waals surface area contributed by atoms with Gasteiger partial charge in [0.1, 0.15) is 11.6 Å². The van der Waals surface area contributed by atoms with E-state index in [0.717, 1.165) is 26.4 Å². The highest BCUT2D eigenvalue weighted by Gasteiger charge is 2.13. The van der Waals surface area contributed by atoms with Crippen LogP contribution in [0.5, 0.6) is 0 Å². The number of aromatic nitrogens is 1. The zero-order valence-electron chi connectivity index (χ0n) is 13.7. The van der Waals surface area contributed by atoms with Gasteiger partial charge in [-0.05, 0) is 34.5 Å². The number of nitrogens with zero attached hydrogens (tertiary/aromatic N) is 1. The number of nitriles is 1. The number of hydrogen-bond acceptors (Lipinski definition) is 2. The van der Waals surface area contributed by atoms with Gasteiger partial charge in [0.15, 0.2) is 0 Å². The van der Waals surface area contributed by atoms with Crippen molar-refractivity contribution >= 4 is 26.7 Å². The first kappa shape index (κ1) is 16.3. The predicted molar refractivity (Wildman–Crippen MR) is 108 cm³/mol. The molecule has 4 heteroatoms. The molecule has 0 saturated heterocycles. The molecular formula is C22H13BrN2O. The maximum absolute atomic E-state index is 12.6. The topological polar surface area (TPSA) is 56.6 Å². The minimum Gasteiger partial charge on any atom is -0.321 e. The first-order valence-corrected chi connectivity index (χ1v) is 8.88. The Balaban J connectivity index is 2.00. The molecule has 0 radical (unpaired) electrons. The van der Waals surface area contributed by atoms with Gasteiger partial charge in [-0.25, -0.2) is 0 Å². The van der Waals surface area contributed by atoms with E-state index in [1.54, 1.807) is 0 Å². The molecule has 0 bridgehead atoms. The van der Waals surface area contributed by atoms with Crippen LogP contribution >= 0.6 is 15.9 Å². The van der Waals surface area contributed by atoms with Crippen molar-refractivity contribution in [1.29, 1.82) is 5.26 Å². The van der Waals surface area contributed by atoms with E-state index in [1.807, 2.05) is 78.9 Å². The number of benzene rings is 3. The van der Waals surface area contributed by atoms with Crippen LogP contribution < -0.4 is 5.56 Å². The third-order valence-electron chi connectivity index (χ3n) is 4.38. The SMILES string of the molecule is N#Cc1c(-c2ccc(Br)cc2)cc(-c2cccc3ccccc23)[nH]c1=O. The zero-order chi connectivity index (χ0) is 18.1. The lowest BCUT2D eigenvalue weighted by atomic mass is 9.97. The molecule has 0 spiro atoms. The van der Waals surface area contributed by atoms with Crippen LogP contribution in [0.15, 0.2) is 82.1 Å². The van der Waals surface area contributed by atoms with Crippen LogP contribution in [0.1, 0.15) is 5.56 Å². The van der Waals surface area contributed by atoms with Gasteiger partial charge in [0.05, 0.1) is 0 Å². The summed E-state index contributed by atoms with van der Waals surface area (Å²) in [6.45, 7) is 0. The molecule has 0 aliphatic rings. The number of nitrogens with one attached hydrogen (secondary N) is 1. The minimum absolute atomic E-state index is 0.122. The summed E-state index contributed by atoms with van der Waals surface area (Å²) < 4.78 is 0.943. The standard InChI is InChI=1S/C22H13BrN2O/c23-16-10-8-15(9-11-16)19-12-21(25-22(26)20(19)13-24)18-7-3-5-14-4-1-2-6-17(14)18/h1-12H,(H,25,26). The lowest BCUT2D eigenvalue weighted by Crippen LogP contribution is -2.12. The fourth-order valence-electron chi connectivity index (χ4n) is 3.13. The predicted octanol–water partition coefficient (Wildman–Crippen LogP) is 5.50. The van der Waals surface area contributed by atoms with E-state index in [9.17, 15) is 10.1 Å². The van der Waals surface area contributed by atoms with Crippen LogP contribution in [0.2, 0.25) is 0 Å². The lowest BCUT2D eigenvalue weighted by Gasteiger charge is -2.10. The Morgan fingerprint density at radius 3 is 2.38 bits per heavy atom. The molecule has 1 heterocycles. The molecule has 0 saturated carbocycles. The summed E-state index contributed by atoms with van der Waals surface area (Å²) in [4.78, 5) is 15.4. The van der Waals surface area contributed by atoms with E-state index in [0.29, 0.717) is 11.3 Å². The van der Waals surface area contributed by atoms with Crippen LogP contribution in [-0.2, 0) is 0 Å². The number of hydrogen-bond donors (Lipinski definition) is 1. The molecule has 1 N–H and O–H groups in total. The van der Waals surface area contributed by atoms with E-state index in [4.69, 9.17) is 0 Å². The van der Waals surface area contributed by atoms with Crippen LogP contribution in [0.4, 0.5) is 0 Å². The number of aromatic amines is 1. The van der Waals surface area contributed by atoms with Gasteiger partial charge in [-0.1, -0.05) is 70.5 Å². The van der Waals surface area contributed by atoms with Gasteiger partial charge in [-0.3, -0.25) is 4.79 Å². The molecule has 124 valence electrons. The summed E-state index contributed by atoms with van der Waals surface area (Å²) in [5.74, 6) is 0. The smallest absolute Gasteiger partial charge is 0.266 e. The highest BCUT2D eigenvalue weighted by atomic mass is 79.9. The zero-order valence-corrected chi connectivity index (χ0v) is 15.2. The Labute approximate surface area is 158 Å². The van der Waals surface area contributed by atoms with Crippen LogP contribution in [0.3, 0.4) is 0 Å². The van der Waals surface area contributed by atoms with Gasteiger partial charge in [0, 0.05) is 21.3 Å². The number of rotatable bonds is 2. The van der Waals surface area contributed by atoms with E-state index >= 15 is 0 Å². The van der Waals surface area contributed by atoms with Crippen molar-refractivity contribution in [1.82, 2.24) is 4.98 Å². The third kappa shape index (κ3) is 2.83. The Morgan fingerprint density at radius 1 is 0.885 bits per heavy atom. The Bertz CT molecular complexity index is 1210. The molecule has 1 aromatic heterocycles. The first-order chi connectivity index (χ1) is 12.7. The van der Waals surface area contributed by atoms with Crippen molar-refractivity contribution in [3.8, 4) is 28.5 Å². The molecule has 3 aromatic carbocycles. The number of halogens is 1. The Kier molecular flexibility index (Phi) is 4.16. The fourth-order valence-corrected chi connectivity index (χ4v) is 3.40. The number of H-pyrrole nitrogens is 1. The molecule has 3 nitrogen and oxygen atoms in total. The van der Waals surface area contributed by atoms with Crippen molar-refractivity contribution in [3.63, 3.8) is 0 Å². The first-order valence-electron chi connectivity index (χ1n) is 8.09. The van der Waals surface area contributed by atoms with Crippen molar-refractivity contribution < 1.29 is 0 Å². The highest BCUT2D eigenvalue weighted by molar-refractivity contribution is 9.10. The molecule has 4 rings (SSSR count). The fraction of sp³-hybridized carbons (Fsp3) is 0. The molecule has 4 aromatic rings. The highest BCUT2D eigenvalue weighted by Crippen LogP contribution is 2.31. The van der Waals surface area contributed by atoms with Gasteiger partial charge < -0.3 is 4.98 Å². The quantitative estimate of drug-likeness (QED) is 0.483. The van der Waals surface area contributed by atoms with Gasteiger partial charge in [-0.2, -0.15) is 5.26 Å². The minimum atomic E-state index is -0.379. The van der Waals surface area contributed by atoms with E-state index in [1.165, 1.54) is 0 Å². The van der Waals surface area contributed by atoms with Crippen molar-refractivity contribution in [3.05, 3.63) is 93.2 Å². The molecule has 0 atom stereocenters. The van der Waals surface area contributed by atoms with Crippen molar-refractivity contribution in [2.45, 2.75) is 0 Å². The van der Waals surface area contributed by atoms with Crippen molar-refractivity contribution in [2.75, 3.05) is 0 Å². The van der Waals surface area contributed by atoms with Gasteiger partial charge in [0.2, 0.25) is 0 Å². The second-order valence-corrected chi connectivity index (χ2v) is 6.86. The average Bonchev–Trinajstić information content (AvgIpc) is 2.67. The Morgan fingerprint density at radius 2 is 1.62 bits per heavy atom. The lowest BCUT2D eigenvalue weighted by molar-refractivity contribution is 1.22. The summed E-state index contributed by atoms with van der Waals surface area (Å²) in [5, 5.41) is 11.6. The molecule has 0 fully saturated rings. The third-order valence-corrected chi connectivity index (χ3v) is 4.91. The van der Waals surface area contributed by atoms with Crippen LogP contribution in [0.25, 0.3) is 33.2 Å². The summed E-state index contributed by atoms with van der Waals surface area (Å²) in [5.41, 5.74) is 2.84. The molecule has 0 aliphatic heterocycles. The maximum Gasteiger partial charge on any atom is 0.266 e. The number of pyridine rings is 1. The van der Waals surface area contributed by atoms with E-state index in [2.05, 4.69) is 20.9 Å². The van der Waals surface area contributed by atoms with Gasteiger partial charge in [-0.15, -0.1) is 0 Å². The summed E-state index contributed by atoms with van der Waals surface area (Å²) >= 11 is 3.41. The second-order valence-electron chi connectivity index (χ2n) is 5.95. The van der Waals surface area contributed by atoms with Gasteiger partial charge in [0.25, 0.3) is 5.56 Å². The largest absolute Gasteiger partial charge is 0.321 e. The normalized spacial score (nSPS) is 10.6. The van der Waals surface area contributed by atoms with E-state index in [-0.39, 0.29) is 11.1 Å². The number of fused-ring (bicyclic) bond motifs is 1. The van der Waals surface area contributed by atoms with Gasteiger partial charge >= 0.3 is 0 Å². The second kappa shape index (κ2) is 6.62. The molecule has 0 unspecified atom stereocenters.